The maximum absolute atomic E-state index is 5.67. The van der Waals surface area contributed by atoms with Crippen molar-refractivity contribution in [3.63, 3.8) is 0 Å². The molecule has 2 aromatic rings. The summed E-state index contributed by atoms with van der Waals surface area (Å²) in [5.41, 5.74) is 0.828. The van der Waals surface area contributed by atoms with E-state index in [1.165, 1.54) is 6.33 Å². The topological polar surface area (TPSA) is 52.8 Å². The van der Waals surface area contributed by atoms with Crippen LogP contribution in [0.25, 0.3) is 0 Å². The lowest BCUT2D eigenvalue weighted by Crippen LogP contribution is -2.10. The monoisotopic (exact) mass is 266 g/mol. The molecule has 0 radical (unpaired) electrons. The molecule has 0 atom stereocenters. The van der Waals surface area contributed by atoms with Crippen molar-refractivity contribution in [2.24, 2.45) is 0 Å². The Balaban J connectivity index is 2.00. The third kappa shape index (κ3) is 2.98. The van der Waals surface area contributed by atoms with Crippen molar-refractivity contribution in [1.82, 2.24) is 19.7 Å². The molecule has 0 bridgehead atoms. The lowest BCUT2D eigenvalue weighted by atomic mass is 10.4. The zero-order chi connectivity index (χ0) is 13.0. The van der Waals surface area contributed by atoms with Crippen molar-refractivity contribution in [3.8, 4) is 5.75 Å². The van der Waals surface area contributed by atoms with Crippen molar-refractivity contribution < 1.29 is 4.74 Å². The Morgan fingerprint density at radius 3 is 2.78 bits per heavy atom. The van der Waals surface area contributed by atoms with Gasteiger partial charge in [0.25, 0.3) is 0 Å². The van der Waals surface area contributed by atoms with E-state index >= 15 is 0 Å². The van der Waals surface area contributed by atoms with Crippen molar-refractivity contribution >= 4 is 11.6 Å². The van der Waals surface area contributed by atoms with E-state index in [0.717, 1.165) is 11.5 Å². The Bertz CT molecular complexity index is 495. The Hall–Kier alpha value is -1.62. The Morgan fingerprint density at radius 2 is 2.17 bits per heavy atom. The highest BCUT2D eigenvalue weighted by Crippen LogP contribution is 2.13. The van der Waals surface area contributed by atoms with E-state index < -0.39 is 0 Å². The number of pyridine rings is 1. The molecule has 0 fully saturated rings. The predicted molar refractivity (Wildman–Crippen MR) is 68.5 cm³/mol. The first-order chi connectivity index (χ1) is 8.70. The molecule has 0 amide bonds. The molecule has 2 aromatic heterocycles. The van der Waals surface area contributed by atoms with Gasteiger partial charge in [0.15, 0.2) is 5.82 Å². The number of rotatable bonds is 5. The van der Waals surface area contributed by atoms with Crippen molar-refractivity contribution in [3.05, 3.63) is 36.2 Å². The standard InChI is InChI=1S/C12H15ClN4O/c1-9(2)17-12(15-8-16-17)7-18-11-4-3-10(5-13)14-6-11/h3-4,6,8-9H,5,7H2,1-2H3. The highest BCUT2D eigenvalue weighted by Gasteiger charge is 2.08. The molecule has 0 spiro atoms. The van der Waals surface area contributed by atoms with E-state index in [-0.39, 0.29) is 6.04 Å². The third-order valence-electron chi connectivity index (χ3n) is 2.44. The molecule has 2 rings (SSSR count). The molecule has 5 nitrogen and oxygen atoms in total. The van der Waals surface area contributed by atoms with Crippen LogP contribution in [0.15, 0.2) is 24.7 Å². The molecule has 2 heterocycles. The molecule has 0 aliphatic rings. The summed E-state index contributed by atoms with van der Waals surface area (Å²) in [5, 5.41) is 4.15. The summed E-state index contributed by atoms with van der Waals surface area (Å²) in [6.07, 6.45) is 3.20. The zero-order valence-corrected chi connectivity index (χ0v) is 11.1. The van der Waals surface area contributed by atoms with Crippen LogP contribution >= 0.6 is 11.6 Å². The van der Waals surface area contributed by atoms with E-state index in [0.29, 0.717) is 18.2 Å². The van der Waals surface area contributed by atoms with Gasteiger partial charge >= 0.3 is 0 Å². The van der Waals surface area contributed by atoms with Gasteiger partial charge in [0.05, 0.1) is 17.8 Å². The molecule has 0 aromatic carbocycles. The van der Waals surface area contributed by atoms with Crippen LogP contribution in [0.2, 0.25) is 0 Å². The number of nitrogens with zero attached hydrogens (tertiary/aromatic N) is 4. The quantitative estimate of drug-likeness (QED) is 0.781. The smallest absolute Gasteiger partial charge is 0.165 e. The fraction of sp³-hybridized carbons (Fsp3) is 0.417. The first-order valence-electron chi connectivity index (χ1n) is 5.72. The maximum Gasteiger partial charge on any atom is 0.165 e. The first-order valence-corrected chi connectivity index (χ1v) is 6.26. The summed E-state index contributed by atoms with van der Waals surface area (Å²) in [6.45, 7) is 4.48. The number of hydrogen-bond acceptors (Lipinski definition) is 4. The summed E-state index contributed by atoms with van der Waals surface area (Å²) in [6, 6.07) is 3.96. The molecule has 0 saturated heterocycles. The fourth-order valence-electron chi connectivity index (χ4n) is 1.53. The van der Waals surface area contributed by atoms with Gasteiger partial charge in [0.1, 0.15) is 18.7 Å². The molecular weight excluding hydrogens is 252 g/mol. The molecule has 0 aliphatic carbocycles. The minimum atomic E-state index is 0.267. The third-order valence-corrected chi connectivity index (χ3v) is 2.71. The zero-order valence-electron chi connectivity index (χ0n) is 10.4. The van der Waals surface area contributed by atoms with Crippen LogP contribution in [0.3, 0.4) is 0 Å². The van der Waals surface area contributed by atoms with E-state index in [1.54, 1.807) is 6.20 Å². The molecule has 18 heavy (non-hydrogen) atoms. The Kier molecular flexibility index (Phi) is 4.15. The predicted octanol–water partition coefficient (Wildman–Crippen LogP) is 2.57. The minimum Gasteiger partial charge on any atom is -0.484 e. The number of aromatic nitrogens is 4. The maximum atomic E-state index is 5.67. The van der Waals surface area contributed by atoms with Gasteiger partial charge in [-0.3, -0.25) is 4.98 Å². The second kappa shape index (κ2) is 5.82. The van der Waals surface area contributed by atoms with E-state index in [4.69, 9.17) is 16.3 Å². The van der Waals surface area contributed by atoms with E-state index in [2.05, 4.69) is 28.9 Å². The van der Waals surface area contributed by atoms with Gasteiger partial charge in [-0.05, 0) is 26.0 Å². The number of ether oxygens (including phenoxy) is 1. The highest BCUT2D eigenvalue weighted by molar-refractivity contribution is 6.16. The van der Waals surface area contributed by atoms with Gasteiger partial charge in [0, 0.05) is 6.04 Å². The largest absolute Gasteiger partial charge is 0.484 e. The molecule has 6 heteroatoms. The van der Waals surface area contributed by atoms with Gasteiger partial charge in [-0.25, -0.2) is 9.67 Å². The second-order valence-corrected chi connectivity index (χ2v) is 4.39. The fourth-order valence-corrected chi connectivity index (χ4v) is 1.69. The molecule has 0 saturated carbocycles. The highest BCUT2D eigenvalue weighted by atomic mass is 35.5. The van der Waals surface area contributed by atoms with E-state index in [9.17, 15) is 0 Å². The lowest BCUT2D eigenvalue weighted by molar-refractivity contribution is 0.281. The second-order valence-electron chi connectivity index (χ2n) is 4.12. The van der Waals surface area contributed by atoms with Crippen LogP contribution in [0, 0.1) is 0 Å². The molecule has 0 N–H and O–H groups in total. The van der Waals surface area contributed by atoms with Crippen LogP contribution < -0.4 is 4.74 Å². The van der Waals surface area contributed by atoms with Crippen LogP contribution in [0.1, 0.15) is 31.4 Å². The number of hydrogen-bond donors (Lipinski definition) is 0. The summed E-state index contributed by atoms with van der Waals surface area (Å²) < 4.78 is 7.45. The molecule has 0 unspecified atom stereocenters. The van der Waals surface area contributed by atoms with Crippen molar-refractivity contribution in [1.29, 1.82) is 0 Å². The molecule has 0 aliphatic heterocycles. The van der Waals surface area contributed by atoms with Crippen molar-refractivity contribution in [2.45, 2.75) is 32.4 Å². The van der Waals surface area contributed by atoms with Gasteiger partial charge in [-0.2, -0.15) is 5.10 Å². The van der Waals surface area contributed by atoms with Gasteiger partial charge in [0.2, 0.25) is 0 Å². The summed E-state index contributed by atoms with van der Waals surface area (Å²) in [7, 11) is 0. The molecular formula is C12H15ClN4O. The van der Waals surface area contributed by atoms with E-state index in [1.807, 2.05) is 16.8 Å². The van der Waals surface area contributed by atoms with Gasteiger partial charge < -0.3 is 4.74 Å². The average molecular weight is 267 g/mol. The lowest BCUT2D eigenvalue weighted by Gasteiger charge is -2.10. The van der Waals surface area contributed by atoms with Crippen LogP contribution in [0.4, 0.5) is 0 Å². The SMILES string of the molecule is CC(C)n1ncnc1COc1ccc(CCl)nc1. The number of halogens is 1. The summed E-state index contributed by atoms with van der Waals surface area (Å²) >= 11 is 5.67. The van der Waals surface area contributed by atoms with Crippen molar-refractivity contribution in [2.75, 3.05) is 0 Å². The van der Waals surface area contributed by atoms with Gasteiger partial charge in [-0.1, -0.05) is 0 Å². The van der Waals surface area contributed by atoms with Gasteiger partial charge in [-0.15, -0.1) is 11.6 Å². The van der Waals surface area contributed by atoms with Crippen LogP contribution in [-0.4, -0.2) is 19.7 Å². The van der Waals surface area contributed by atoms with Crippen LogP contribution in [0.5, 0.6) is 5.75 Å². The number of alkyl halides is 1. The molecule has 96 valence electrons. The minimum absolute atomic E-state index is 0.267. The average Bonchev–Trinajstić information content (AvgIpc) is 2.85. The summed E-state index contributed by atoms with van der Waals surface area (Å²) in [5.74, 6) is 1.90. The first kappa shape index (κ1) is 12.8. The Labute approximate surface area is 111 Å². The summed E-state index contributed by atoms with van der Waals surface area (Å²) in [4.78, 5) is 8.33. The van der Waals surface area contributed by atoms with Crippen LogP contribution in [-0.2, 0) is 12.5 Å². The Morgan fingerprint density at radius 1 is 1.33 bits per heavy atom. The normalized spacial score (nSPS) is 10.9.